The highest BCUT2D eigenvalue weighted by Crippen LogP contribution is 2.31. The lowest BCUT2D eigenvalue weighted by Gasteiger charge is -2.34. The zero-order chi connectivity index (χ0) is 18.4. The van der Waals surface area contributed by atoms with Gasteiger partial charge >= 0.3 is 0 Å². The SMILES string of the molecule is COc1ccc2c(c1)c(C#N)cn2CCC(C)(C)C(O[Si]C)O[Si]C. The van der Waals surface area contributed by atoms with E-state index in [1.54, 1.807) is 7.11 Å². The molecule has 0 atom stereocenters. The molecule has 1 heterocycles. The minimum atomic E-state index is -0.212. The number of nitriles is 1. The number of ether oxygens (including phenoxy) is 1. The Morgan fingerprint density at radius 2 is 1.92 bits per heavy atom. The Labute approximate surface area is 154 Å². The molecule has 2 rings (SSSR count). The number of aryl methyl sites for hydroxylation is 1. The number of benzene rings is 1. The van der Waals surface area contributed by atoms with Crippen LogP contribution in [0.15, 0.2) is 24.4 Å². The fraction of sp³-hybridized carbons (Fsp3) is 0.500. The first-order valence-corrected chi connectivity index (χ1v) is 11.0. The van der Waals surface area contributed by atoms with Crippen LogP contribution in [0.2, 0.25) is 13.1 Å². The van der Waals surface area contributed by atoms with E-state index in [-0.39, 0.29) is 11.7 Å². The first-order chi connectivity index (χ1) is 12.0. The molecule has 0 N–H and O–H groups in total. The summed E-state index contributed by atoms with van der Waals surface area (Å²) in [7, 11) is 2.42. The third-order valence-electron chi connectivity index (χ3n) is 4.29. The molecule has 4 radical (unpaired) electrons. The fourth-order valence-electron chi connectivity index (χ4n) is 2.76. The third-order valence-corrected chi connectivity index (χ3v) is 5.19. The van der Waals surface area contributed by atoms with Gasteiger partial charge in [-0.25, -0.2) is 0 Å². The fourth-order valence-corrected chi connectivity index (χ4v) is 4.02. The average Bonchev–Trinajstić information content (AvgIpc) is 2.97. The zero-order valence-electron chi connectivity index (χ0n) is 15.4. The molecule has 0 unspecified atom stereocenters. The Morgan fingerprint density at radius 1 is 1.24 bits per heavy atom. The van der Waals surface area contributed by atoms with Gasteiger partial charge in [0.15, 0.2) is 0 Å². The minimum absolute atomic E-state index is 0.123. The summed E-state index contributed by atoms with van der Waals surface area (Å²) in [4.78, 5) is 0. The molecule has 1 aromatic heterocycles. The number of aromatic nitrogens is 1. The lowest BCUT2D eigenvalue weighted by Crippen LogP contribution is -2.36. The summed E-state index contributed by atoms with van der Waals surface area (Å²) in [5.41, 5.74) is 1.59. The molecule has 132 valence electrons. The Bertz CT molecular complexity index is 747. The monoisotopic (exact) mass is 372 g/mol. The second-order valence-corrected chi connectivity index (χ2v) is 7.73. The van der Waals surface area contributed by atoms with Crippen LogP contribution in [0.5, 0.6) is 5.75 Å². The number of rotatable bonds is 9. The summed E-state index contributed by atoms with van der Waals surface area (Å²) in [6.45, 7) is 9.14. The minimum Gasteiger partial charge on any atom is -0.497 e. The molecule has 0 aliphatic heterocycles. The van der Waals surface area contributed by atoms with Crippen molar-refractivity contribution in [3.63, 3.8) is 0 Å². The molecule has 0 fully saturated rings. The Balaban J connectivity index is 2.24. The molecule has 0 saturated heterocycles. The third kappa shape index (κ3) is 4.52. The van der Waals surface area contributed by atoms with Gasteiger partial charge < -0.3 is 18.2 Å². The number of nitrogens with zero attached hydrogens (tertiary/aromatic N) is 2. The van der Waals surface area contributed by atoms with Crippen LogP contribution in [-0.4, -0.2) is 37.5 Å². The molecular weight excluding hydrogens is 348 g/mol. The van der Waals surface area contributed by atoms with Gasteiger partial charge in [0.1, 0.15) is 18.1 Å². The predicted octanol–water partition coefficient (Wildman–Crippen LogP) is 3.63. The first kappa shape index (κ1) is 19.7. The van der Waals surface area contributed by atoms with Crippen LogP contribution in [0.4, 0.5) is 0 Å². The van der Waals surface area contributed by atoms with Crippen molar-refractivity contribution in [2.45, 2.75) is 46.2 Å². The van der Waals surface area contributed by atoms with E-state index in [4.69, 9.17) is 13.6 Å². The van der Waals surface area contributed by atoms with Gasteiger partial charge in [-0.15, -0.1) is 0 Å². The van der Waals surface area contributed by atoms with Crippen molar-refractivity contribution in [1.29, 1.82) is 5.26 Å². The molecule has 25 heavy (non-hydrogen) atoms. The van der Waals surface area contributed by atoms with Gasteiger partial charge in [-0.1, -0.05) is 13.8 Å². The molecule has 2 aromatic rings. The van der Waals surface area contributed by atoms with Gasteiger partial charge in [-0.05, 0) is 37.7 Å². The van der Waals surface area contributed by atoms with Crippen molar-refractivity contribution < 1.29 is 13.6 Å². The lowest BCUT2D eigenvalue weighted by atomic mass is 9.88. The van der Waals surface area contributed by atoms with E-state index in [0.717, 1.165) is 29.6 Å². The van der Waals surface area contributed by atoms with E-state index < -0.39 is 0 Å². The Kier molecular flexibility index (Phi) is 6.84. The van der Waals surface area contributed by atoms with Crippen LogP contribution in [-0.2, 0) is 15.4 Å². The smallest absolute Gasteiger partial charge is 0.229 e. The second-order valence-electron chi connectivity index (χ2n) is 6.45. The predicted molar refractivity (Wildman–Crippen MR) is 101 cm³/mol. The summed E-state index contributed by atoms with van der Waals surface area (Å²) < 4.78 is 19.0. The van der Waals surface area contributed by atoms with Gasteiger partial charge in [-0.2, -0.15) is 5.26 Å². The van der Waals surface area contributed by atoms with Crippen LogP contribution in [0, 0.1) is 16.7 Å². The first-order valence-electron chi connectivity index (χ1n) is 8.18. The molecule has 0 bridgehead atoms. The van der Waals surface area contributed by atoms with Crippen molar-refractivity contribution in [2.75, 3.05) is 7.11 Å². The maximum absolute atomic E-state index is 9.43. The van der Waals surface area contributed by atoms with Crippen LogP contribution in [0.3, 0.4) is 0 Å². The van der Waals surface area contributed by atoms with Crippen LogP contribution in [0.1, 0.15) is 25.8 Å². The standard InChI is InChI=1S/C18H24N2O3Si2/c1-18(2,17(22-24-4)23-25-5)8-9-20-12-13(11-19)15-10-14(21-3)6-7-16(15)20/h6-7,10,12,17H,8-9H2,1-5H3. The molecule has 0 amide bonds. The van der Waals surface area contributed by atoms with Gasteiger partial charge in [0.25, 0.3) is 0 Å². The molecule has 0 aliphatic rings. The number of fused-ring (bicyclic) bond motifs is 1. The highest BCUT2D eigenvalue weighted by molar-refractivity contribution is 6.26. The van der Waals surface area contributed by atoms with Crippen LogP contribution in [0.25, 0.3) is 10.9 Å². The van der Waals surface area contributed by atoms with Crippen molar-refractivity contribution in [2.24, 2.45) is 5.41 Å². The number of hydrogen-bond donors (Lipinski definition) is 0. The van der Waals surface area contributed by atoms with Crippen molar-refractivity contribution in [1.82, 2.24) is 4.57 Å². The van der Waals surface area contributed by atoms with Gasteiger partial charge in [-0.3, -0.25) is 0 Å². The zero-order valence-corrected chi connectivity index (χ0v) is 17.4. The molecule has 0 aliphatic carbocycles. The quantitative estimate of drug-likeness (QED) is 0.498. The van der Waals surface area contributed by atoms with Gasteiger partial charge in [0.05, 0.1) is 12.7 Å². The molecule has 0 spiro atoms. The second kappa shape index (κ2) is 8.67. The highest BCUT2D eigenvalue weighted by atomic mass is 28.2. The number of methoxy groups -OCH3 is 1. The number of hydrogen-bond acceptors (Lipinski definition) is 4. The summed E-state index contributed by atoms with van der Waals surface area (Å²) >= 11 is 0. The Morgan fingerprint density at radius 3 is 2.48 bits per heavy atom. The topological polar surface area (TPSA) is 56.4 Å². The summed E-state index contributed by atoms with van der Waals surface area (Å²) in [5.74, 6) is 0.761. The highest BCUT2D eigenvalue weighted by Gasteiger charge is 2.30. The van der Waals surface area contributed by atoms with E-state index in [1.165, 1.54) is 0 Å². The molecule has 5 nitrogen and oxygen atoms in total. The van der Waals surface area contributed by atoms with Gasteiger partial charge in [0, 0.05) is 29.1 Å². The molecular formula is C18H24N2O3Si2. The summed E-state index contributed by atoms with van der Waals surface area (Å²) in [6, 6.07) is 8.13. The maximum Gasteiger partial charge on any atom is 0.229 e. The summed E-state index contributed by atoms with van der Waals surface area (Å²) in [5, 5.41) is 10.4. The van der Waals surface area contributed by atoms with E-state index in [2.05, 4.69) is 24.5 Å². The van der Waals surface area contributed by atoms with Crippen molar-refractivity contribution >= 4 is 30.4 Å². The van der Waals surface area contributed by atoms with Crippen molar-refractivity contribution in [3.8, 4) is 11.8 Å². The van der Waals surface area contributed by atoms with Crippen LogP contribution < -0.4 is 4.74 Å². The average molecular weight is 373 g/mol. The van der Waals surface area contributed by atoms with Gasteiger partial charge in [0.2, 0.25) is 19.5 Å². The molecule has 1 aromatic carbocycles. The van der Waals surface area contributed by atoms with E-state index in [9.17, 15) is 5.26 Å². The normalized spacial score (nSPS) is 11.9. The Hall–Kier alpha value is -1.60. The van der Waals surface area contributed by atoms with Crippen molar-refractivity contribution in [3.05, 3.63) is 30.0 Å². The molecule has 7 heteroatoms. The maximum atomic E-state index is 9.43. The van der Waals surface area contributed by atoms with Crippen LogP contribution >= 0.6 is 0 Å². The van der Waals surface area contributed by atoms with E-state index >= 15 is 0 Å². The molecule has 0 saturated carbocycles. The largest absolute Gasteiger partial charge is 0.497 e. The summed E-state index contributed by atoms with van der Waals surface area (Å²) in [6.07, 6.45) is 2.59. The van der Waals surface area contributed by atoms with E-state index in [0.29, 0.717) is 25.1 Å². The lowest BCUT2D eigenvalue weighted by molar-refractivity contribution is -0.0832. The van der Waals surface area contributed by atoms with E-state index in [1.807, 2.05) is 37.5 Å².